The number of rotatable bonds is 6. The van der Waals surface area contributed by atoms with E-state index in [1.807, 2.05) is 0 Å². The van der Waals surface area contributed by atoms with Crippen molar-refractivity contribution in [1.29, 1.82) is 0 Å². The van der Waals surface area contributed by atoms with E-state index in [0.717, 1.165) is 13.0 Å². The van der Waals surface area contributed by atoms with Crippen molar-refractivity contribution in [1.82, 2.24) is 5.32 Å². The van der Waals surface area contributed by atoms with Gasteiger partial charge in [0, 0.05) is 6.54 Å². The smallest absolute Gasteiger partial charge is 0.0894 e. The fourth-order valence-corrected chi connectivity index (χ4v) is 1.68. The second kappa shape index (κ2) is 6.63. The highest BCUT2D eigenvalue weighted by atomic mass is 16.3. The Hall–Kier alpha value is -0.900. The van der Waals surface area contributed by atoms with E-state index in [9.17, 15) is 0 Å². The number of hydrogen-bond donors (Lipinski definition) is 3. The third-order valence-electron chi connectivity index (χ3n) is 2.66. The van der Waals surface area contributed by atoms with E-state index < -0.39 is 6.10 Å². The second-order valence-electron chi connectivity index (χ2n) is 4.22. The van der Waals surface area contributed by atoms with Gasteiger partial charge >= 0.3 is 0 Å². The van der Waals surface area contributed by atoms with Crippen molar-refractivity contribution in [2.75, 3.05) is 19.7 Å². The molecule has 1 aromatic rings. The van der Waals surface area contributed by atoms with Crippen LogP contribution in [0.3, 0.4) is 0 Å². The summed E-state index contributed by atoms with van der Waals surface area (Å²) in [4.78, 5) is 0. The summed E-state index contributed by atoms with van der Waals surface area (Å²) >= 11 is 0. The van der Waals surface area contributed by atoms with E-state index in [1.54, 1.807) is 0 Å². The number of aryl methyl sites for hydroxylation is 2. The molecule has 0 aromatic heterocycles. The van der Waals surface area contributed by atoms with Gasteiger partial charge in [0.05, 0.1) is 12.7 Å². The Morgan fingerprint density at radius 2 is 2.06 bits per heavy atom. The average Bonchev–Trinajstić information content (AvgIpc) is 2.26. The molecule has 1 aromatic carbocycles. The number of aliphatic hydroxyl groups excluding tert-OH is 2. The summed E-state index contributed by atoms with van der Waals surface area (Å²) < 4.78 is 0. The number of hydrogen-bond acceptors (Lipinski definition) is 3. The minimum absolute atomic E-state index is 0.184. The van der Waals surface area contributed by atoms with E-state index in [4.69, 9.17) is 10.2 Å². The summed E-state index contributed by atoms with van der Waals surface area (Å²) in [5.74, 6) is 0. The Balaban J connectivity index is 2.32. The lowest BCUT2D eigenvalue weighted by Gasteiger charge is -2.10. The van der Waals surface area contributed by atoms with Crippen molar-refractivity contribution >= 4 is 0 Å². The molecular formula is C13H21NO2. The highest BCUT2D eigenvalue weighted by Gasteiger charge is 2.01. The third kappa shape index (κ3) is 4.31. The molecule has 0 saturated carbocycles. The van der Waals surface area contributed by atoms with Gasteiger partial charge in [-0.3, -0.25) is 0 Å². The topological polar surface area (TPSA) is 52.5 Å². The van der Waals surface area contributed by atoms with Crippen molar-refractivity contribution < 1.29 is 10.2 Å². The highest BCUT2D eigenvalue weighted by Crippen LogP contribution is 2.10. The predicted molar refractivity (Wildman–Crippen MR) is 65.6 cm³/mol. The first-order valence-electron chi connectivity index (χ1n) is 5.69. The van der Waals surface area contributed by atoms with Crippen molar-refractivity contribution in [3.05, 3.63) is 34.9 Å². The van der Waals surface area contributed by atoms with Gasteiger partial charge < -0.3 is 15.5 Å². The van der Waals surface area contributed by atoms with E-state index in [2.05, 4.69) is 37.4 Å². The fraction of sp³-hybridized carbons (Fsp3) is 0.538. The average molecular weight is 223 g/mol. The molecule has 3 nitrogen and oxygen atoms in total. The minimum atomic E-state index is -0.654. The monoisotopic (exact) mass is 223 g/mol. The van der Waals surface area contributed by atoms with Crippen LogP contribution in [-0.2, 0) is 6.42 Å². The molecule has 16 heavy (non-hydrogen) atoms. The van der Waals surface area contributed by atoms with Gasteiger partial charge in [-0.25, -0.2) is 0 Å². The van der Waals surface area contributed by atoms with Crippen LogP contribution in [0.15, 0.2) is 18.2 Å². The van der Waals surface area contributed by atoms with Crippen LogP contribution in [0.1, 0.15) is 16.7 Å². The Morgan fingerprint density at radius 3 is 2.69 bits per heavy atom. The van der Waals surface area contributed by atoms with Crippen LogP contribution in [0, 0.1) is 13.8 Å². The first-order valence-corrected chi connectivity index (χ1v) is 5.69. The van der Waals surface area contributed by atoms with Crippen LogP contribution >= 0.6 is 0 Å². The summed E-state index contributed by atoms with van der Waals surface area (Å²) in [6.07, 6.45) is 0.295. The van der Waals surface area contributed by atoms with Crippen LogP contribution < -0.4 is 5.32 Å². The summed E-state index contributed by atoms with van der Waals surface area (Å²) in [6.45, 7) is 5.29. The van der Waals surface area contributed by atoms with Crippen LogP contribution in [0.4, 0.5) is 0 Å². The van der Waals surface area contributed by atoms with Crippen LogP contribution in [0.2, 0.25) is 0 Å². The predicted octanol–water partition coefficient (Wildman–Crippen LogP) is 0.789. The molecule has 90 valence electrons. The quantitative estimate of drug-likeness (QED) is 0.625. The number of nitrogens with one attached hydrogen (secondary N) is 1. The van der Waals surface area contributed by atoms with Crippen LogP contribution in [-0.4, -0.2) is 36.0 Å². The zero-order chi connectivity index (χ0) is 12.0. The normalized spacial score (nSPS) is 12.8. The maximum atomic E-state index is 9.13. The lowest BCUT2D eigenvalue weighted by atomic mass is 10.0. The molecule has 0 bridgehead atoms. The largest absolute Gasteiger partial charge is 0.394 e. The molecule has 0 aliphatic rings. The zero-order valence-electron chi connectivity index (χ0n) is 10.0. The van der Waals surface area contributed by atoms with E-state index in [0.29, 0.717) is 6.54 Å². The molecule has 0 saturated heterocycles. The highest BCUT2D eigenvalue weighted by molar-refractivity contribution is 5.30. The first kappa shape index (κ1) is 13.2. The lowest BCUT2D eigenvalue weighted by Crippen LogP contribution is -2.30. The van der Waals surface area contributed by atoms with E-state index >= 15 is 0 Å². The van der Waals surface area contributed by atoms with Gasteiger partial charge in [0.1, 0.15) is 0 Å². The van der Waals surface area contributed by atoms with E-state index in [-0.39, 0.29) is 6.61 Å². The van der Waals surface area contributed by atoms with Crippen LogP contribution in [0.5, 0.6) is 0 Å². The Bertz CT molecular complexity index is 326. The van der Waals surface area contributed by atoms with Gasteiger partial charge in [-0.2, -0.15) is 0 Å². The molecule has 1 unspecified atom stereocenters. The Morgan fingerprint density at radius 1 is 1.31 bits per heavy atom. The lowest BCUT2D eigenvalue weighted by molar-refractivity contribution is 0.0947. The van der Waals surface area contributed by atoms with Crippen molar-refractivity contribution in [3.8, 4) is 0 Å². The summed E-state index contributed by atoms with van der Waals surface area (Å²) in [6, 6.07) is 6.44. The van der Waals surface area contributed by atoms with Crippen molar-refractivity contribution in [2.45, 2.75) is 26.4 Å². The summed E-state index contributed by atoms with van der Waals surface area (Å²) in [5, 5.41) is 20.9. The summed E-state index contributed by atoms with van der Waals surface area (Å²) in [7, 11) is 0. The van der Waals surface area contributed by atoms with Crippen LogP contribution in [0.25, 0.3) is 0 Å². The second-order valence-corrected chi connectivity index (χ2v) is 4.22. The summed E-state index contributed by atoms with van der Waals surface area (Å²) in [5.41, 5.74) is 3.92. The van der Waals surface area contributed by atoms with Gasteiger partial charge in [-0.1, -0.05) is 23.8 Å². The van der Waals surface area contributed by atoms with Crippen molar-refractivity contribution in [3.63, 3.8) is 0 Å². The Labute approximate surface area is 97.1 Å². The third-order valence-corrected chi connectivity index (χ3v) is 2.66. The zero-order valence-corrected chi connectivity index (χ0v) is 10.0. The molecule has 0 aliphatic carbocycles. The molecule has 0 spiro atoms. The minimum Gasteiger partial charge on any atom is -0.394 e. The van der Waals surface area contributed by atoms with Gasteiger partial charge in [0.2, 0.25) is 0 Å². The molecule has 0 radical (unpaired) electrons. The first-order chi connectivity index (χ1) is 7.63. The molecule has 1 rings (SSSR count). The number of aliphatic hydroxyl groups is 2. The SMILES string of the molecule is Cc1ccc(CCNCC(O)CO)c(C)c1. The maximum absolute atomic E-state index is 9.13. The molecule has 1 atom stereocenters. The molecule has 3 heteroatoms. The van der Waals surface area contributed by atoms with Crippen molar-refractivity contribution in [2.24, 2.45) is 0 Å². The molecule has 0 heterocycles. The van der Waals surface area contributed by atoms with Gasteiger partial charge in [-0.05, 0) is 37.9 Å². The molecular weight excluding hydrogens is 202 g/mol. The maximum Gasteiger partial charge on any atom is 0.0894 e. The van der Waals surface area contributed by atoms with E-state index in [1.165, 1.54) is 16.7 Å². The standard InChI is InChI=1S/C13H21NO2/c1-10-3-4-12(11(2)7-10)5-6-14-8-13(16)9-15/h3-4,7,13-16H,5-6,8-9H2,1-2H3. The molecule has 0 amide bonds. The fourth-order valence-electron chi connectivity index (χ4n) is 1.68. The molecule has 0 aliphatic heterocycles. The number of benzene rings is 1. The Kier molecular flexibility index (Phi) is 5.46. The molecule has 0 fully saturated rings. The van der Waals surface area contributed by atoms with Gasteiger partial charge in [0.25, 0.3) is 0 Å². The van der Waals surface area contributed by atoms with Gasteiger partial charge in [0.15, 0.2) is 0 Å². The van der Waals surface area contributed by atoms with Gasteiger partial charge in [-0.15, -0.1) is 0 Å². The molecule has 3 N–H and O–H groups in total.